The standard InChI is InChI=1S/C21H38N4O2Si/c1-9-10-11-12-13-17(16(2)27-28(7,8)21(3,4)5)25-15-24-18-19(25)22-14-23-20(18)26-6/h14-17H,9-13H2,1-8H3. The van der Waals surface area contributed by atoms with Crippen molar-refractivity contribution >= 4 is 19.5 Å². The Morgan fingerprint density at radius 1 is 1.11 bits per heavy atom. The zero-order valence-electron chi connectivity index (χ0n) is 19.0. The number of methoxy groups -OCH3 is 1. The molecule has 0 saturated carbocycles. The molecule has 2 heterocycles. The molecule has 0 fully saturated rings. The smallest absolute Gasteiger partial charge is 0.245 e. The molecule has 0 aliphatic heterocycles. The van der Waals surface area contributed by atoms with Crippen LogP contribution < -0.4 is 4.74 Å². The molecule has 28 heavy (non-hydrogen) atoms. The summed E-state index contributed by atoms with van der Waals surface area (Å²) in [4.78, 5) is 13.2. The Balaban J connectivity index is 2.34. The fourth-order valence-electron chi connectivity index (χ4n) is 3.32. The van der Waals surface area contributed by atoms with Crippen LogP contribution in [0.25, 0.3) is 11.2 Å². The second-order valence-electron chi connectivity index (χ2n) is 9.21. The number of unbranched alkanes of at least 4 members (excludes halogenated alkanes) is 3. The second-order valence-corrected chi connectivity index (χ2v) is 14.0. The molecule has 2 aromatic heterocycles. The molecule has 2 atom stereocenters. The van der Waals surface area contributed by atoms with Crippen LogP contribution in [-0.4, -0.2) is 41.1 Å². The van der Waals surface area contributed by atoms with Crippen molar-refractivity contribution in [1.29, 1.82) is 0 Å². The molecule has 0 radical (unpaired) electrons. The highest BCUT2D eigenvalue weighted by Crippen LogP contribution is 2.39. The van der Waals surface area contributed by atoms with Gasteiger partial charge in [-0.25, -0.2) is 9.97 Å². The Kier molecular flexibility index (Phi) is 7.62. The molecular weight excluding hydrogens is 368 g/mol. The molecule has 0 saturated heterocycles. The molecule has 2 rings (SSSR count). The maximum Gasteiger partial charge on any atom is 0.245 e. The monoisotopic (exact) mass is 406 g/mol. The summed E-state index contributed by atoms with van der Waals surface area (Å²) in [6, 6.07) is 0.190. The Bertz CT molecular complexity index is 754. The van der Waals surface area contributed by atoms with Crippen LogP contribution in [0.15, 0.2) is 12.7 Å². The quantitative estimate of drug-likeness (QED) is 0.371. The minimum atomic E-state index is -1.87. The van der Waals surface area contributed by atoms with Gasteiger partial charge in [0.25, 0.3) is 0 Å². The zero-order valence-corrected chi connectivity index (χ0v) is 20.0. The number of imidazole rings is 1. The third-order valence-electron chi connectivity index (χ3n) is 6.06. The first-order valence-electron chi connectivity index (χ1n) is 10.5. The fraction of sp³-hybridized carbons (Fsp3) is 0.762. The van der Waals surface area contributed by atoms with E-state index in [-0.39, 0.29) is 17.2 Å². The van der Waals surface area contributed by atoms with E-state index < -0.39 is 8.32 Å². The summed E-state index contributed by atoms with van der Waals surface area (Å²) in [6.45, 7) is 15.9. The van der Waals surface area contributed by atoms with Gasteiger partial charge in [0, 0.05) is 0 Å². The number of hydrogen-bond acceptors (Lipinski definition) is 5. The molecule has 0 bridgehead atoms. The Morgan fingerprint density at radius 2 is 1.82 bits per heavy atom. The largest absolute Gasteiger partial charge is 0.479 e. The van der Waals surface area contributed by atoms with E-state index in [0.29, 0.717) is 11.4 Å². The van der Waals surface area contributed by atoms with Crippen molar-refractivity contribution in [3.63, 3.8) is 0 Å². The summed E-state index contributed by atoms with van der Waals surface area (Å²) < 4.78 is 14.3. The van der Waals surface area contributed by atoms with E-state index in [4.69, 9.17) is 9.16 Å². The van der Waals surface area contributed by atoms with E-state index in [9.17, 15) is 0 Å². The number of fused-ring (bicyclic) bond motifs is 1. The van der Waals surface area contributed by atoms with Crippen molar-refractivity contribution in [1.82, 2.24) is 19.5 Å². The minimum absolute atomic E-state index is 0.0841. The second kappa shape index (κ2) is 9.35. The van der Waals surface area contributed by atoms with Gasteiger partial charge in [0.1, 0.15) is 6.33 Å². The fourth-order valence-corrected chi connectivity index (χ4v) is 4.76. The lowest BCUT2D eigenvalue weighted by Gasteiger charge is -2.40. The normalized spacial score (nSPS) is 15.0. The SMILES string of the molecule is CCCCCCC(C(C)O[Si](C)(C)C(C)(C)C)n1cnc2c(OC)ncnc21. The molecule has 0 N–H and O–H groups in total. The van der Waals surface area contributed by atoms with Crippen molar-refractivity contribution in [2.75, 3.05) is 7.11 Å². The molecular formula is C21H38N4O2Si. The van der Waals surface area contributed by atoms with Gasteiger partial charge in [0.05, 0.1) is 25.6 Å². The van der Waals surface area contributed by atoms with Crippen LogP contribution in [0, 0.1) is 0 Å². The van der Waals surface area contributed by atoms with Crippen LogP contribution in [0.5, 0.6) is 5.88 Å². The molecule has 2 unspecified atom stereocenters. The van der Waals surface area contributed by atoms with Crippen molar-refractivity contribution in [2.24, 2.45) is 0 Å². The van der Waals surface area contributed by atoms with Crippen LogP contribution in [0.1, 0.15) is 72.8 Å². The highest BCUT2D eigenvalue weighted by Gasteiger charge is 2.40. The van der Waals surface area contributed by atoms with Crippen LogP contribution in [0.4, 0.5) is 0 Å². The molecule has 0 aromatic carbocycles. The lowest BCUT2D eigenvalue weighted by Crippen LogP contribution is -2.45. The summed E-state index contributed by atoms with van der Waals surface area (Å²) in [5, 5.41) is 0.177. The lowest BCUT2D eigenvalue weighted by atomic mass is 10.0. The maximum atomic E-state index is 6.77. The summed E-state index contributed by atoms with van der Waals surface area (Å²) in [5.41, 5.74) is 1.53. The molecule has 0 aliphatic carbocycles. The van der Waals surface area contributed by atoms with Gasteiger partial charge in [-0.1, -0.05) is 53.4 Å². The average molecular weight is 407 g/mol. The van der Waals surface area contributed by atoms with Crippen molar-refractivity contribution in [2.45, 2.75) is 97.0 Å². The van der Waals surface area contributed by atoms with Gasteiger partial charge in [0.15, 0.2) is 19.5 Å². The summed E-state index contributed by atoms with van der Waals surface area (Å²) in [7, 11) is -0.257. The Hall–Kier alpha value is -1.47. The van der Waals surface area contributed by atoms with E-state index in [2.05, 4.69) is 67.2 Å². The predicted molar refractivity (Wildman–Crippen MR) is 117 cm³/mol. The minimum Gasteiger partial charge on any atom is -0.479 e. The summed E-state index contributed by atoms with van der Waals surface area (Å²) in [5.74, 6) is 0.520. The van der Waals surface area contributed by atoms with Crippen LogP contribution >= 0.6 is 0 Å². The van der Waals surface area contributed by atoms with Gasteiger partial charge in [-0.3, -0.25) is 0 Å². The number of aromatic nitrogens is 4. The first kappa shape index (κ1) is 22.8. The molecule has 0 amide bonds. The first-order chi connectivity index (χ1) is 13.1. The average Bonchev–Trinajstić information content (AvgIpc) is 3.04. The molecule has 7 heteroatoms. The predicted octanol–water partition coefficient (Wildman–Crippen LogP) is 5.76. The first-order valence-corrected chi connectivity index (χ1v) is 13.4. The van der Waals surface area contributed by atoms with Gasteiger partial charge in [-0.05, 0) is 31.5 Å². The summed E-state index contributed by atoms with van der Waals surface area (Å²) >= 11 is 0. The summed E-state index contributed by atoms with van der Waals surface area (Å²) in [6.07, 6.45) is 9.47. The highest BCUT2D eigenvalue weighted by atomic mass is 28.4. The van der Waals surface area contributed by atoms with Gasteiger partial charge >= 0.3 is 0 Å². The number of nitrogens with zero attached hydrogens (tertiary/aromatic N) is 4. The van der Waals surface area contributed by atoms with Crippen LogP contribution in [0.3, 0.4) is 0 Å². The maximum absolute atomic E-state index is 6.77. The van der Waals surface area contributed by atoms with Crippen molar-refractivity contribution in [3.8, 4) is 5.88 Å². The number of rotatable bonds is 10. The van der Waals surface area contributed by atoms with Gasteiger partial charge in [-0.2, -0.15) is 4.98 Å². The van der Waals surface area contributed by atoms with E-state index in [0.717, 1.165) is 12.1 Å². The highest BCUT2D eigenvalue weighted by molar-refractivity contribution is 6.74. The number of hydrogen-bond donors (Lipinski definition) is 0. The molecule has 6 nitrogen and oxygen atoms in total. The Labute approximate surface area is 171 Å². The molecule has 0 spiro atoms. The van der Waals surface area contributed by atoms with Gasteiger partial charge in [-0.15, -0.1) is 0 Å². The van der Waals surface area contributed by atoms with E-state index in [1.165, 1.54) is 25.7 Å². The molecule has 2 aromatic rings. The molecule has 0 aliphatic rings. The van der Waals surface area contributed by atoms with Gasteiger partial charge < -0.3 is 13.7 Å². The Morgan fingerprint density at radius 3 is 2.43 bits per heavy atom. The topological polar surface area (TPSA) is 62.1 Å². The van der Waals surface area contributed by atoms with Crippen molar-refractivity contribution in [3.05, 3.63) is 12.7 Å². The number of ether oxygens (including phenoxy) is 1. The van der Waals surface area contributed by atoms with Crippen LogP contribution in [-0.2, 0) is 4.43 Å². The third-order valence-corrected chi connectivity index (χ3v) is 10.6. The third kappa shape index (κ3) is 5.11. The van der Waals surface area contributed by atoms with Crippen LogP contribution in [0.2, 0.25) is 18.1 Å². The van der Waals surface area contributed by atoms with E-state index in [1.54, 1.807) is 13.4 Å². The van der Waals surface area contributed by atoms with Crippen molar-refractivity contribution < 1.29 is 9.16 Å². The van der Waals surface area contributed by atoms with Gasteiger partial charge in [0.2, 0.25) is 5.88 Å². The van der Waals surface area contributed by atoms with E-state index in [1.807, 2.05) is 6.33 Å². The molecule has 158 valence electrons. The zero-order chi connectivity index (χ0) is 20.9. The van der Waals surface area contributed by atoms with E-state index >= 15 is 0 Å². The lowest BCUT2D eigenvalue weighted by molar-refractivity contribution is 0.132.